The fraction of sp³-hybridized carbons (Fsp3) is 0.625. The predicted molar refractivity (Wildman–Crippen MR) is 74.9 cm³/mol. The van der Waals surface area contributed by atoms with Gasteiger partial charge in [-0.1, -0.05) is 37.3 Å². The third-order valence-electron chi connectivity index (χ3n) is 3.72. The van der Waals surface area contributed by atoms with Crippen molar-refractivity contribution in [1.82, 2.24) is 0 Å². The van der Waals surface area contributed by atoms with Gasteiger partial charge in [0.1, 0.15) is 12.2 Å². The molecule has 1 aromatic rings. The molecule has 0 spiro atoms. The van der Waals surface area contributed by atoms with Crippen LogP contribution in [0.15, 0.2) is 30.3 Å². The third-order valence-corrected chi connectivity index (χ3v) is 3.72. The van der Waals surface area contributed by atoms with Crippen LogP contribution < -0.4 is 0 Å². The number of hydrogen-bond acceptors (Lipinski definition) is 4. The van der Waals surface area contributed by atoms with E-state index in [9.17, 15) is 0 Å². The Balaban J connectivity index is 1.56. The van der Waals surface area contributed by atoms with Crippen LogP contribution in [-0.4, -0.2) is 51.8 Å². The van der Waals surface area contributed by atoms with Crippen molar-refractivity contribution in [2.45, 2.75) is 24.5 Å². The van der Waals surface area contributed by atoms with Crippen LogP contribution in [0.2, 0.25) is 0 Å². The second-order valence-electron chi connectivity index (χ2n) is 5.87. The first kappa shape index (κ1) is 14.0. The smallest absolute Gasteiger partial charge is 0.104 e. The first-order valence-electron chi connectivity index (χ1n) is 7.20. The highest BCUT2D eigenvalue weighted by Gasteiger charge is 2.31. The van der Waals surface area contributed by atoms with Crippen LogP contribution in [0.5, 0.6) is 0 Å². The summed E-state index contributed by atoms with van der Waals surface area (Å²) in [4.78, 5) is 0. The maximum Gasteiger partial charge on any atom is 0.104 e. The molecule has 0 amide bonds. The maximum atomic E-state index is 5.81. The highest BCUT2D eigenvalue weighted by Crippen LogP contribution is 2.26. The Hall–Kier alpha value is -0.940. The van der Waals surface area contributed by atoms with Crippen LogP contribution in [0, 0.1) is 0 Å². The van der Waals surface area contributed by atoms with E-state index in [-0.39, 0.29) is 5.41 Å². The van der Waals surface area contributed by atoms with Crippen LogP contribution >= 0.6 is 0 Å². The van der Waals surface area contributed by atoms with E-state index in [1.165, 1.54) is 5.56 Å². The Morgan fingerprint density at radius 3 is 1.95 bits per heavy atom. The highest BCUT2D eigenvalue weighted by atomic mass is 16.6. The summed E-state index contributed by atoms with van der Waals surface area (Å²) in [6.45, 7) is 6.48. The molecule has 3 rings (SSSR count). The standard InChI is InChI=1S/C16H22O4/c1-16(11-17-7-14-9-19-14,12-18-8-15-10-20-15)13-5-3-2-4-6-13/h2-6,14-15H,7-12H2,1H3. The maximum absolute atomic E-state index is 5.81. The van der Waals surface area contributed by atoms with Crippen LogP contribution in [-0.2, 0) is 24.4 Å². The average Bonchev–Trinajstić information content (AvgIpc) is 3.34. The predicted octanol–water partition coefficient (Wildman–Crippen LogP) is 1.78. The van der Waals surface area contributed by atoms with Gasteiger partial charge in [-0.2, -0.15) is 0 Å². The van der Waals surface area contributed by atoms with Gasteiger partial charge in [0.25, 0.3) is 0 Å². The molecule has 2 unspecified atom stereocenters. The first-order chi connectivity index (χ1) is 9.76. The molecule has 2 aliphatic rings. The topological polar surface area (TPSA) is 43.5 Å². The normalized spacial score (nSPS) is 27.1. The Morgan fingerprint density at radius 2 is 1.50 bits per heavy atom. The molecule has 20 heavy (non-hydrogen) atoms. The zero-order chi connectivity index (χ0) is 13.8. The SMILES string of the molecule is CC(COCC1CO1)(COCC1CO1)c1ccccc1. The number of hydrogen-bond donors (Lipinski definition) is 0. The zero-order valence-corrected chi connectivity index (χ0v) is 11.9. The van der Waals surface area contributed by atoms with Gasteiger partial charge in [0, 0.05) is 5.41 Å². The molecule has 0 radical (unpaired) electrons. The van der Waals surface area contributed by atoms with Gasteiger partial charge >= 0.3 is 0 Å². The molecular formula is C16H22O4. The Labute approximate surface area is 120 Å². The molecule has 0 aliphatic carbocycles. The second-order valence-corrected chi connectivity index (χ2v) is 5.87. The van der Waals surface area contributed by atoms with Gasteiger partial charge < -0.3 is 18.9 Å². The third kappa shape index (κ3) is 4.03. The Bertz CT molecular complexity index is 394. The molecule has 4 heteroatoms. The summed E-state index contributed by atoms with van der Waals surface area (Å²) in [7, 11) is 0. The number of rotatable bonds is 9. The van der Waals surface area contributed by atoms with Gasteiger partial charge in [0.15, 0.2) is 0 Å². The van der Waals surface area contributed by atoms with E-state index in [1.807, 2.05) is 6.07 Å². The molecule has 110 valence electrons. The Kier molecular flexibility index (Phi) is 4.36. The van der Waals surface area contributed by atoms with Gasteiger partial charge in [0.05, 0.1) is 39.6 Å². The summed E-state index contributed by atoms with van der Waals surface area (Å²) < 4.78 is 22.0. The summed E-state index contributed by atoms with van der Waals surface area (Å²) in [6.07, 6.45) is 0.603. The van der Waals surface area contributed by atoms with E-state index in [0.29, 0.717) is 38.6 Å². The minimum absolute atomic E-state index is 0.134. The van der Waals surface area contributed by atoms with Gasteiger partial charge in [-0.25, -0.2) is 0 Å². The summed E-state index contributed by atoms with van der Waals surface area (Å²) in [5.74, 6) is 0. The molecule has 0 bridgehead atoms. The fourth-order valence-corrected chi connectivity index (χ4v) is 2.21. The summed E-state index contributed by atoms with van der Waals surface area (Å²) >= 11 is 0. The molecule has 2 heterocycles. The number of ether oxygens (including phenoxy) is 4. The molecule has 0 aromatic heterocycles. The van der Waals surface area contributed by atoms with E-state index >= 15 is 0 Å². The van der Waals surface area contributed by atoms with Crippen molar-refractivity contribution in [2.75, 3.05) is 39.6 Å². The summed E-state index contributed by atoms with van der Waals surface area (Å²) in [5.41, 5.74) is 1.11. The zero-order valence-electron chi connectivity index (χ0n) is 11.9. The summed E-state index contributed by atoms with van der Waals surface area (Å²) in [5, 5.41) is 0. The lowest BCUT2D eigenvalue weighted by Crippen LogP contribution is -2.35. The molecule has 2 saturated heterocycles. The first-order valence-corrected chi connectivity index (χ1v) is 7.20. The molecule has 0 N–H and O–H groups in total. The van der Waals surface area contributed by atoms with Crippen LogP contribution in [0.3, 0.4) is 0 Å². The minimum atomic E-state index is -0.134. The van der Waals surface area contributed by atoms with Crippen LogP contribution in [0.1, 0.15) is 12.5 Å². The van der Waals surface area contributed by atoms with Gasteiger partial charge in [-0.05, 0) is 5.56 Å². The van der Waals surface area contributed by atoms with Crippen molar-refractivity contribution in [2.24, 2.45) is 0 Å². The molecule has 2 fully saturated rings. The van der Waals surface area contributed by atoms with E-state index in [1.54, 1.807) is 0 Å². The lowest BCUT2D eigenvalue weighted by Gasteiger charge is -2.29. The van der Waals surface area contributed by atoms with Gasteiger partial charge in [-0.3, -0.25) is 0 Å². The molecule has 2 aliphatic heterocycles. The lowest BCUT2D eigenvalue weighted by molar-refractivity contribution is 0.0174. The molecule has 0 saturated carbocycles. The van der Waals surface area contributed by atoms with Crippen molar-refractivity contribution >= 4 is 0 Å². The molecular weight excluding hydrogens is 256 g/mol. The molecule has 1 aromatic carbocycles. The average molecular weight is 278 g/mol. The van der Waals surface area contributed by atoms with Crippen molar-refractivity contribution in [3.63, 3.8) is 0 Å². The second kappa shape index (κ2) is 6.22. The van der Waals surface area contributed by atoms with E-state index in [0.717, 1.165) is 13.2 Å². The van der Waals surface area contributed by atoms with Crippen molar-refractivity contribution in [3.05, 3.63) is 35.9 Å². The van der Waals surface area contributed by atoms with E-state index in [2.05, 4.69) is 31.2 Å². The highest BCUT2D eigenvalue weighted by molar-refractivity contribution is 5.24. The van der Waals surface area contributed by atoms with Gasteiger partial charge in [0.2, 0.25) is 0 Å². The lowest BCUT2D eigenvalue weighted by atomic mass is 9.84. The van der Waals surface area contributed by atoms with E-state index < -0.39 is 0 Å². The number of benzene rings is 1. The van der Waals surface area contributed by atoms with E-state index in [4.69, 9.17) is 18.9 Å². The minimum Gasteiger partial charge on any atom is -0.378 e. The molecule has 4 nitrogen and oxygen atoms in total. The fourth-order valence-electron chi connectivity index (χ4n) is 2.21. The van der Waals surface area contributed by atoms with Gasteiger partial charge in [-0.15, -0.1) is 0 Å². The number of epoxide rings is 2. The quantitative estimate of drug-likeness (QED) is 0.646. The summed E-state index contributed by atoms with van der Waals surface area (Å²) in [6, 6.07) is 10.4. The Morgan fingerprint density at radius 1 is 1.00 bits per heavy atom. The van der Waals surface area contributed by atoms with Crippen LogP contribution in [0.4, 0.5) is 0 Å². The monoisotopic (exact) mass is 278 g/mol. The largest absolute Gasteiger partial charge is 0.378 e. The van der Waals surface area contributed by atoms with Crippen molar-refractivity contribution in [1.29, 1.82) is 0 Å². The van der Waals surface area contributed by atoms with Crippen LogP contribution in [0.25, 0.3) is 0 Å². The van der Waals surface area contributed by atoms with Crippen molar-refractivity contribution in [3.8, 4) is 0 Å². The molecule has 2 atom stereocenters. The van der Waals surface area contributed by atoms with Crippen molar-refractivity contribution < 1.29 is 18.9 Å².